The number of nitrogens with one attached hydrogen (secondary N) is 1. The molecule has 2 fully saturated rings. The van der Waals surface area contributed by atoms with Gasteiger partial charge in [0.05, 0.1) is 24.2 Å². The number of hydrogen-bond acceptors (Lipinski definition) is 8. The van der Waals surface area contributed by atoms with Crippen LogP contribution in [-0.4, -0.2) is 82.9 Å². The van der Waals surface area contributed by atoms with E-state index in [1.54, 1.807) is 0 Å². The van der Waals surface area contributed by atoms with Crippen molar-refractivity contribution in [2.75, 3.05) is 44.7 Å². The Labute approximate surface area is 170 Å². The molecule has 1 amide bonds. The molecule has 0 spiro atoms. The molecule has 29 heavy (non-hydrogen) atoms. The molecule has 0 aliphatic carbocycles. The van der Waals surface area contributed by atoms with Crippen molar-refractivity contribution in [3.05, 3.63) is 11.3 Å². The van der Waals surface area contributed by atoms with Crippen molar-refractivity contribution < 1.29 is 14.6 Å². The molecule has 156 valence electrons. The molecule has 2 atom stereocenters. The van der Waals surface area contributed by atoms with Gasteiger partial charge in [0, 0.05) is 44.3 Å². The second kappa shape index (κ2) is 8.39. The molecule has 2 N–H and O–H groups in total. The molecule has 1 aromatic rings. The number of piperazine rings is 1. The summed E-state index contributed by atoms with van der Waals surface area (Å²) in [6, 6.07) is 2.49. The highest BCUT2D eigenvalue weighted by molar-refractivity contribution is 5.66. The van der Waals surface area contributed by atoms with Crippen LogP contribution in [0.5, 0.6) is 6.01 Å². The Morgan fingerprint density at radius 2 is 2.17 bits per heavy atom. The zero-order chi connectivity index (χ0) is 20.4. The van der Waals surface area contributed by atoms with Crippen LogP contribution >= 0.6 is 0 Å². The number of rotatable bonds is 5. The molecule has 2 unspecified atom stereocenters. The van der Waals surface area contributed by atoms with Gasteiger partial charge in [0.2, 0.25) is 0 Å². The lowest BCUT2D eigenvalue weighted by molar-refractivity contribution is 0.119. The lowest BCUT2D eigenvalue weighted by Gasteiger charge is -2.40. The van der Waals surface area contributed by atoms with E-state index < -0.39 is 6.09 Å². The number of nitrogens with zero attached hydrogens (tertiary/aromatic N) is 6. The predicted octanol–water partition coefficient (Wildman–Crippen LogP) is 0.635. The quantitative estimate of drug-likeness (QED) is 0.732. The molecule has 4 rings (SSSR count). The summed E-state index contributed by atoms with van der Waals surface area (Å²) in [5.41, 5.74) is 1.97. The summed E-state index contributed by atoms with van der Waals surface area (Å²) in [6.07, 6.45) is 1.47. The minimum absolute atomic E-state index is 0.158. The average Bonchev–Trinajstić information content (AvgIpc) is 3.34. The smallest absolute Gasteiger partial charge is 0.407 e. The Bertz CT molecular complexity index is 812. The first-order valence-electron chi connectivity index (χ1n) is 10.1. The Morgan fingerprint density at radius 1 is 1.31 bits per heavy atom. The largest absolute Gasteiger partial charge is 0.465 e. The van der Waals surface area contributed by atoms with Crippen molar-refractivity contribution in [3.63, 3.8) is 0 Å². The number of carbonyl (C=O) groups is 1. The molecular formula is C19H27N7O3. The number of ether oxygens (including phenoxy) is 1. The lowest BCUT2D eigenvalue weighted by Crippen LogP contribution is -2.55. The van der Waals surface area contributed by atoms with Crippen LogP contribution in [0, 0.1) is 11.3 Å². The SMILES string of the molecule is CN1CCCC1COc1nc2c(c(N3CCN(C(=O)O)C(CC#N)C3)n1)CNC2. The second-order valence-corrected chi connectivity index (χ2v) is 7.88. The number of likely N-dealkylation sites (N-methyl/N-ethyl adjacent to an activating group) is 1. The van der Waals surface area contributed by atoms with Gasteiger partial charge in [0.15, 0.2) is 0 Å². The van der Waals surface area contributed by atoms with Gasteiger partial charge in [0.1, 0.15) is 12.4 Å². The highest BCUT2D eigenvalue weighted by Crippen LogP contribution is 2.29. The van der Waals surface area contributed by atoms with Crippen molar-refractivity contribution in [2.45, 2.75) is 44.4 Å². The summed E-state index contributed by atoms with van der Waals surface area (Å²) in [5, 5.41) is 21.9. The Kier molecular flexibility index (Phi) is 5.69. The van der Waals surface area contributed by atoms with Gasteiger partial charge in [-0.2, -0.15) is 15.2 Å². The van der Waals surface area contributed by atoms with Gasteiger partial charge in [-0.05, 0) is 26.4 Å². The summed E-state index contributed by atoms with van der Waals surface area (Å²) >= 11 is 0. The predicted molar refractivity (Wildman–Crippen MR) is 105 cm³/mol. The monoisotopic (exact) mass is 401 g/mol. The molecule has 3 aliphatic heterocycles. The third-order valence-corrected chi connectivity index (χ3v) is 6.08. The van der Waals surface area contributed by atoms with Gasteiger partial charge >= 0.3 is 12.1 Å². The maximum Gasteiger partial charge on any atom is 0.407 e. The third-order valence-electron chi connectivity index (χ3n) is 6.08. The van der Waals surface area contributed by atoms with Crippen molar-refractivity contribution >= 4 is 11.9 Å². The maximum absolute atomic E-state index is 11.5. The van der Waals surface area contributed by atoms with Crippen LogP contribution in [-0.2, 0) is 13.1 Å². The highest BCUT2D eigenvalue weighted by atomic mass is 16.5. The number of fused-ring (bicyclic) bond motifs is 1. The standard InChI is InChI=1S/C19H27N7O3/c1-24-6-2-3-14(24)12-29-18-22-16-10-21-9-15(16)17(23-18)25-7-8-26(19(27)28)13(11-25)4-5-20/h13-14,21H,2-4,6-12H2,1H3,(H,27,28). The van der Waals surface area contributed by atoms with Crippen LogP contribution in [0.4, 0.5) is 10.6 Å². The zero-order valence-corrected chi connectivity index (χ0v) is 16.7. The first kappa shape index (κ1) is 19.7. The highest BCUT2D eigenvalue weighted by Gasteiger charge is 2.33. The molecule has 4 heterocycles. The first-order chi connectivity index (χ1) is 14.1. The molecular weight excluding hydrogens is 374 g/mol. The molecule has 3 aliphatic rings. The molecule has 2 saturated heterocycles. The topological polar surface area (TPSA) is 118 Å². The maximum atomic E-state index is 11.5. The number of nitriles is 1. The first-order valence-corrected chi connectivity index (χ1v) is 10.1. The van der Waals surface area contributed by atoms with Crippen LogP contribution in [0.1, 0.15) is 30.5 Å². The molecule has 1 aromatic heterocycles. The van der Waals surface area contributed by atoms with Crippen LogP contribution in [0.25, 0.3) is 0 Å². The van der Waals surface area contributed by atoms with Gasteiger partial charge in [-0.15, -0.1) is 0 Å². The van der Waals surface area contributed by atoms with Crippen molar-refractivity contribution in [1.29, 1.82) is 5.26 Å². The number of amides is 1. The Balaban J connectivity index is 1.54. The summed E-state index contributed by atoms with van der Waals surface area (Å²) in [7, 11) is 2.11. The minimum Gasteiger partial charge on any atom is -0.465 e. The zero-order valence-electron chi connectivity index (χ0n) is 16.7. The number of carboxylic acid groups (broad SMARTS) is 1. The van der Waals surface area contributed by atoms with Crippen LogP contribution in [0.15, 0.2) is 0 Å². The van der Waals surface area contributed by atoms with E-state index in [4.69, 9.17) is 15.0 Å². The second-order valence-electron chi connectivity index (χ2n) is 7.88. The van der Waals surface area contributed by atoms with E-state index in [0.717, 1.165) is 30.0 Å². The van der Waals surface area contributed by atoms with Crippen molar-refractivity contribution in [3.8, 4) is 12.1 Å². The summed E-state index contributed by atoms with van der Waals surface area (Å²) in [5.74, 6) is 0.794. The van der Waals surface area contributed by atoms with E-state index >= 15 is 0 Å². The van der Waals surface area contributed by atoms with E-state index in [1.807, 2.05) is 0 Å². The molecule has 0 saturated carbocycles. The van der Waals surface area contributed by atoms with E-state index in [-0.39, 0.29) is 12.5 Å². The third kappa shape index (κ3) is 4.06. The van der Waals surface area contributed by atoms with Gasteiger partial charge in [-0.3, -0.25) is 0 Å². The fourth-order valence-electron chi connectivity index (χ4n) is 4.39. The van der Waals surface area contributed by atoms with Crippen LogP contribution in [0.2, 0.25) is 0 Å². The molecule has 0 aromatic carbocycles. The van der Waals surface area contributed by atoms with E-state index in [1.165, 1.54) is 11.3 Å². The minimum atomic E-state index is -0.982. The van der Waals surface area contributed by atoms with Crippen molar-refractivity contribution in [2.24, 2.45) is 0 Å². The van der Waals surface area contributed by atoms with Gasteiger partial charge < -0.3 is 29.9 Å². The number of aromatic nitrogens is 2. The number of hydrogen-bond donors (Lipinski definition) is 2. The Morgan fingerprint density at radius 3 is 2.90 bits per heavy atom. The fourth-order valence-corrected chi connectivity index (χ4v) is 4.39. The molecule has 0 bridgehead atoms. The number of likely N-dealkylation sites (tertiary alicyclic amines) is 1. The average molecular weight is 401 g/mol. The van der Waals surface area contributed by atoms with Crippen LogP contribution in [0.3, 0.4) is 0 Å². The molecule has 0 radical (unpaired) electrons. The van der Waals surface area contributed by atoms with E-state index in [2.05, 4.69) is 33.2 Å². The summed E-state index contributed by atoms with van der Waals surface area (Å²) < 4.78 is 5.98. The van der Waals surface area contributed by atoms with Crippen molar-refractivity contribution in [1.82, 2.24) is 25.1 Å². The molecule has 10 heteroatoms. The van der Waals surface area contributed by atoms with E-state index in [9.17, 15) is 9.90 Å². The number of anilines is 1. The van der Waals surface area contributed by atoms with E-state index in [0.29, 0.717) is 51.4 Å². The van der Waals surface area contributed by atoms with Gasteiger partial charge in [0.25, 0.3) is 0 Å². The normalized spacial score (nSPS) is 24.4. The summed E-state index contributed by atoms with van der Waals surface area (Å²) in [4.78, 5) is 26.5. The summed E-state index contributed by atoms with van der Waals surface area (Å²) in [6.45, 7) is 4.31. The van der Waals surface area contributed by atoms with Gasteiger partial charge in [-0.1, -0.05) is 0 Å². The Hall–Kier alpha value is -2.64. The van der Waals surface area contributed by atoms with Gasteiger partial charge in [-0.25, -0.2) is 4.79 Å². The van der Waals surface area contributed by atoms with Crippen LogP contribution < -0.4 is 15.0 Å². The molecule has 10 nitrogen and oxygen atoms in total. The lowest BCUT2D eigenvalue weighted by atomic mass is 10.1. The fraction of sp³-hybridized carbons (Fsp3) is 0.684.